The number of nitrogens with zero attached hydrogens (tertiary/aromatic N) is 1. The topological polar surface area (TPSA) is 66.5 Å². The number of benzene rings is 2. The van der Waals surface area contributed by atoms with Crippen molar-refractivity contribution in [1.82, 2.24) is 4.90 Å². The SMILES string of the molecule is Cc1ccccc1NC(=O)c1cccc(CN2C(=O)CSC2=O)c1. The fraction of sp³-hybridized carbons (Fsp3) is 0.167. The van der Waals surface area contributed by atoms with Crippen LogP contribution in [0, 0.1) is 6.92 Å². The minimum atomic E-state index is -0.241. The molecule has 0 aliphatic carbocycles. The van der Waals surface area contributed by atoms with E-state index in [1.165, 1.54) is 4.90 Å². The van der Waals surface area contributed by atoms with Gasteiger partial charge >= 0.3 is 0 Å². The Labute approximate surface area is 144 Å². The lowest BCUT2D eigenvalue weighted by molar-refractivity contribution is -0.125. The molecule has 0 radical (unpaired) electrons. The first-order chi connectivity index (χ1) is 11.5. The van der Waals surface area contributed by atoms with Crippen molar-refractivity contribution in [3.63, 3.8) is 0 Å². The normalized spacial score (nSPS) is 14.1. The molecule has 5 nitrogen and oxygen atoms in total. The molecule has 3 rings (SSSR count). The van der Waals surface area contributed by atoms with Gasteiger partial charge in [0.05, 0.1) is 12.3 Å². The minimum absolute atomic E-state index is 0.187. The molecule has 0 aromatic heterocycles. The van der Waals surface area contributed by atoms with Gasteiger partial charge in [0.2, 0.25) is 5.91 Å². The zero-order valence-corrected chi connectivity index (χ0v) is 13.9. The van der Waals surface area contributed by atoms with Gasteiger partial charge in [-0.25, -0.2) is 0 Å². The van der Waals surface area contributed by atoms with Crippen molar-refractivity contribution in [3.8, 4) is 0 Å². The molecule has 0 spiro atoms. The summed E-state index contributed by atoms with van der Waals surface area (Å²) >= 11 is 1.00. The largest absolute Gasteiger partial charge is 0.322 e. The molecule has 0 atom stereocenters. The molecule has 122 valence electrons. The lowest BCUT2D eigenvalue weighted by Gasteiger charge is -2.14. The molecule has 2 aromatic carbocycles. The van der Waals surface area contributed by atoms with Crippen LogP contribution in [-0.4, -0.2) is 27.7 Å². The number of imide groups is 1. The molecule has 1 heterocycles. The van der Waals surface area contributed by atoms with Crippen LogP contribution in [0.1, 0.15) is 21.5 Å². The molecular weight excluding hydrogens is 324 g/mol. The summed E-state index contributed by atoms with van der Waals surface area (Å²) in [7, 11) is 0. The molecule has 0 saturated carbocycles. The van der Waals surface area contributed by atoms with Crippen molar-refractivity contribution >= 4 is 34.5 Å². The molecular formula is C18H16N2O3S. The Morgan fingerprint density at radius 2 is 1.96 bits per heavy atom. The van der Waals surface area contributed by atoms with E-state index in [4.69, 9.17) is 0 Å². The van der Waals surface area contributed by atoms with E-state index < -0.39 is 0 Å². The molecule has 2 aromatic rings. The van der Waals surface area contributed by atoms with Gasteiger partial charge in [0.1, 0.15) is 0 Å². The fourth-order valence-electron chi connectivity index (χ4n) is 2.43. The van der Waals surface area contributed by atoms with E-state index in [2.05, 4.69) is 5.32 Å². The Kier molecular flexibility index (Phi) is 4.66. The summed E-state index contributed by atoms with van der Waals surface area (Å²) in [5.74, 6) is -0.230. The molecule has 0 unspecified atom stereocenters. The van der Waals surface area contributed by atoms with Gasteiger partial charge in [-0.3, -0.25) is 19.3 Å². The van der Waals surface area contributed by atoms with Gasteiger partial charge in [0.15, 0.2) is 0 Å². The predicted molar refractivity (Wildman–Crippen MR) is 94.0 cm³/mol. The van der Waals surface area contributed by atoms with E-state index >= 15 is 0 Å². The molecule has 6 heteroatoms. The average Bonchev–Trinajstić information content (AvgIpc) is 2.89. The van der Waals surface area contributed by atoms with Gasteiger partial charge < -0.3 is 5.32 Å². The number of nitrogens with one attached hydrogen (secondary N) is 1. The number of anilines is 1. The Hall–Kier alpha value is -2.60. The summed E-state index contributed by atoms with van der Waals surface area (Å²) in [5.41, 5.74) is 2.97. The number of rotatable bonds is 4. The standard InChI is InChI=1S/C18H16N2O3S/c1-12-5-2-3-8-15(12)19-17(22)14-7-4-6-13(9-14)10-20-16(21)11-24-18(20)23/h2-9H,10-11H2,1H3,(H,19,22). The molecule has 0 bridgehead atoms. The van der Waals surface area contributed by atoms with Crippen LogP contribution in [0.3, 0.4) is 0 Å². The van der Waals surface area contributed by atoms with Gasteiger partial charge in [-0.05, 0) is 36.2 Å². The van der Waals surface area contributed by atoms with Crippen LogP contribution in [0.25, 0.3) is 0 Å². The Morgan fingerprint density at radius 3 is 2.67 bits per heavy atom. The summed E-state index contributed by atoms with van der Waals surface area (Å²) in [6.07, 6.45) is 0. The Balaban J connectivity index is 1.75. The fourth-order valence-corrected chi connectivity index (χ4v) is 3.16. The van der Waals surface area contributed by atoms with Crippen LogP contribution >= 0.6 is 11.8 Å². The van der Waals surface area contributed by atoms with E-state index in [1.807, 2.05) is 31.2 Å². The van der Waals surface area contributed by atoms with Crippen LogP contribution in [0.4, 0.5) is 10.5 Å². The van der Waals surface area contributed by atoms with Crippen LogP contribution in [0.5, 0.6) is 0 Å². The molecule has 1 aliphatic rings. The maximum atomic E-state index is 12.4. The second-order valence-corrected chi connectivity index (χ2v) is 6.43. The van der Waals surface area contributed by atoms with Crippen molar-refractivity contribution in [2.24, 2.45) is 0 Å². The van der Waals surface area contributed by atoms with Gasteiger partial charge in [0, 0.05) is 11.3 Å². The van der Waals surface area contributed by atoms with E-state index in [-0.39, 0.29) is 29.4 Å². The maximum Gasteiger partial charge on any atom is 0.289 e. The first-order valence-corrected chi connectivity index (χ1v) is 8.46. The summed E-state index contributed by atoms with van der Waals surface area (Å²) < 4.78 is 0. The van der Waals surface area contributed by atoms with Crippen molar-refractivity contribution in [1.29, 1.82) is 0 Å². The number of carbonyl (C=O) groups excluding carboxylic acids is 3. The lowest BCUT2D eigenvalue weighted by Crippen LogP contribution is -2.28. The summed E-state index contributed by atoms with van der Waals surface area (Å²) in [5, 5.41) is 2.63. The third-order valence-electron chi connectivity index (χ3n) is 3.76. The van der Waals surface area contributed by atoms with Crippen LogP contribution in [0.15, 0.2) is 48.5 Å². The average molecular weight is 340 g/mol. The van der Waals surface area contributed by atoms with E-state index in [0.717, 1.165) is 28.6 Å². The first-order valence-electron chi connectivity index (χ1n) is 7.47. The monoisotopic (exact) mass is 340 g/mol. The zero-order valence-electron chi connectivity index (χ0n) is 13.1. The van der Waals surface area contributed by atoms with Gasteiger partial charge in [-0.15, -0.1) is 0 Å². The van der Waals surface area contributed by atoms with E-state index in [9.17, 15) is 14.4 Å². The lowest BCUT2D eigenvalue weighted by atomic mass is 10.1. The summed E-state index contributed by atoms with van der Waals surface area (Å²) in [6.45, 7) is 2.12. The number of thioether (sulfide) groups is 1. The highest BCUT2D eigenvalue weighted by molar-refractivity contribution is 8.14. The molecule has 1 aliphatic heterocycles. The number of aryl methyl sites for hydroxylation is 1. The molecule has 1 saturated heterocycles. The summed E-state index contributed by atoms with van der Waals surface area (Å²) in [4.78, 5) is 37.0. The van der Waals surface area contributed by atoms with Gasteiger partial charge in [0.25, 0.3) is 11.1 Å². The molecule has 3 amide bonds. The highest BCUT2D eigenvalue weighted by Crippen LogP contribution is 2.22. The number of hydrogen-bond donors (Lipinski definition) is 1. The molecule has 1 N–H and O–H groups in total. The predicted octanol–water partition coefficient (Wildman–Crippen LogP) is 3.44. The van der Waals surface area contributed by atoms with Gasteiger partial charge in [-0.2, -0.15) is 0 Å². The second-order valence-electron chi connectivity index (χ2n) is 5.50. The van der Waals surface area contributed by atoms with Crippen molar-refractivity contribution in [2.45, 2.75) is 13.5 Å². The molecule has 1 fully saturated rings. The smallest absolute Gasteiger partial charge is 0.289 e. The third kappa shape index (κ3) is 3.49. The summed E-state index contributed by atoms with van der Waals surface area (Å²) in [6, 6.07) is 14.5. The van der Waals surface area contributed by atoms with Crippen molar-refractivity contribution in [2.75, 3.05) is 11.1 Å². The van der Waals surface area contributed by atoms with Crippen molar-refractivity contribution in [3.05, 3.63) is 65.2 Å². The van der Waals surface area contributed by atoms with Crippen LogP contribution < -0.4 is 5.32 Å². The zero-order chi connectivity index (χ0) is 17.1. The van der Waals surface area contributed by atoms with Gasteiger partial charge in [-0.1, -0.05) is 42.1 Å². The Morgan fingerprint density at radius 1 is 1.17 bits per heavy atom. The third-order valence-corrected chi connectivity index (χ3v) is 4.62. The number of carbonyl (C=O) groups is 3. The quantitative estimate of drug-likeness (QED) is 0.926. The highest BCUT2D eigenvalue weighted by Gasteiger charge is 2.29. The van der Waals surface area contributed by atoms with E-state index in [0.29, 0.717) is 5.56 Å². The van der Waals surface area contributed by atoms with E-state index in [1.54, 1.807) is 24.3 Å². The maximum absolute atomic E-state index is 12.4. The number of para-hydroxylation sites is 1. The second kappa shape index (κ2) is 6.88. The number of hydrogen-bond acceptors (Lipinski definition) is 4. The van der Waals surface area contributed by atoms with Crippen LogP contribution in [0.2, 0.25) is 0 Å². The Bertz CT molecular complexity index is 803. The molecule has 24 heavy (non-hydrogen) atoms. The van der Waals surface area contributed by atoms with Crippen molar-refractivity contribution < 1.29 is 14.4 Å². The first kappa shape index (κ1) is 16.3. The van der Waals surface area contributed by atoms with Crippen LogP contribution in [-0.2, 0) is 11.3 Å². The number of amides is 3. The highest BCUT2D eigenvalue weighted by atomic mass is 32.2. The minimum Gasteiger partial charge on any atom is -0.322 e.